The van der Waals surface area contributed by atoms with Gasteiger partial charge in [0.15, 0.2) is 0 Å². The fourth-order valence-corrected chi connectivity index (χ4v) is 26.3. The number of nitrogens with one attached hydrogen (secondary N) is 1. The number of ether oxygens (including phenoxy) is 1. The van der Waals surface area contributed by atoms with Crippen molar-refractivity contribution >= 4 is 62.5 Å². The topological polar surface area (TPSA) is 63.5 Å². The number of rotatable bonds is 16. The number of amides is 1. The Morgan fingerprint density at radius 1 is 1.05 bits per heavy atom. The number of alkyl carbamates (subject to hydrolysis) is 1. The Balaban J connectivity index is 2.24. The van der Waals surface area contributed by atoms with Crippen LogP contribution < -0.4 is 5.32 Å². The molecule has 0 radical (unpaired) electrons. The summed E-state index contributed by atoms with van der Waals surface area (Å²) in [6.07, 6.45) is 10.6. The molecule has 1 aliphatic rings. The SMILES string of the molecule is CCC[CH2][Sn]([CH2]CCC)([CH2]CCC)/[C](=C/CO)c1c(C2SCCCS2)c2ccccc2n1CCNC(=O)OC(C)(C)C. The molecule has 42 heavy (non-hydrogen) atoms. The Morgan fingerprint density at radius 2 is 1.64 bits per heavy atom. The normalized spacial score (nSPS) is 15.4. The van der Waals surface area contributed by atoms with E-state index in [-0.39, 0.29) is 12.7 Å². The van der Waals surface area contributed by atoms with E-state index in [1.54, 1.807) is 0 Å². The van der Waals surface area contributed by atoms with Gasteiger partial charge in [0.2, 0.25) is 0 Å². The fourth-order valence-electron chi connectivity index (χ4n) is 6.31. The van der Waals surface area contributed by atoms with Crippen LogP contribution in [0, 0.1) is 0 Å². The van der Waals surface area contributed by atoms with Gasteiger partial charge in [0, 0.05) is 0 Å². The monoisotopic (exact) mass is 724 g/mol. The molecule has 1 aliphatic heterocycles. The van der Waals surface area contributed by atoms with Crippen molar-refractivity contribution in [2.24, 2.45) is 0 Å². The first-order valence-corrected chi connectivity index (χ1v) is 25.9. The van der Waals surface area contributed by atoms with Crippen LogP contribution in [-0.2, 0) is 11.3 Å². The van der Waals surface area contributed by atoms with E-state index in [0.29, 0.717) is 17.7 Å². The maximum atomic E-state index is 12.6. The van der Waals surface area contributed by atoms with E-state index < -0.39 is 24.0 Å². The summed E-state index contributed by atoms with van der Waals surface area (Å²) in [4.78, 5) is 12.6. The van der Waals surface area contributed by atoms with Crippen molar-refractivity contribution in [3.63, 3.8) is 0 Å². The van der Waals surface area contributed by atoms with Gasteiger partial charge in [-0.05, 0) is 0 Å². The average molecular weight is 724 g/mol. The second kappa shape index (κ2) is 17.6. The van der Waals surface area contributed by atoms with E-state index in [4.69, 9.17) is 4.74 Å². The average Bonchev–Trinajstić information content (AvgIpc) is 3.29. The maximum absolute atomic E-state index is 12.6. The zero-order chi connectivity index (χ0) is 30.6. The minimum atomic E-state index is -3.00. The summed E-state index contributed by atoms with van der Waals surface area (Å²) in [5.74, 6) is 2.37. The van der Waals surface area contributed by atoms with Gasteiger partial charge < -0.3 is 0 Å². The van der Waals surface area contributed by atoms with Crippen molar-refractivity contribution in [3.05, 3.63) is 41.6 Å². The van der Waals surface area contributed by atoms with Crippen LogP contribution in [0.15, 0.2) is 30.3 Å². The first kappa shape index (κ1) is 35.7. The van der Waals surface area contributed by atoms with Crippen molar-refractivity contribution < 1.29 is 14.6 Å². The second-order valence-electron chi connectivity index (χ2n) is 12.7. The molecule has 0 atom stereocenters. The van der Waals surface area contributed by atoms with Crippen LogP contribution in [0.2, 0.25) is 13.3 Å². The molecule has 0 saturated carbocycles. The number of aliphatic hydroxyl groups is 1. The molecule has 0 spiro atoms. The number of hydrogen-bond acceptors (Lipinski definition) is 5. The van der Waals surface area contributed by atoms with Gasteiger partial charge in [0.1, 0.15) is 0 Å². The molecule has 2 aromatic rings. The minimum absolute atomic E-state index is 0.0838. The van der Waals surface area contributed by atoms with E-state index in [1.807, 2.05) is 20.8 Å². The van der Waals surface area contributed by atoms with Crippen molar-refractivity contribution in [2.75, 3.05) is 24.7 Å². The van der Waals surface area contributed by atoms with E-state index >= 15 is 0 Å². The van der Waals surface area contributed by atoms with Crippen LogP contribution in [-0.4, -0.2) is 64.4 Å². The number of fused-ring (bicyclic) bond motifs is 1. The van der Waals surface area contributed by atoms with Crippen molar-refractivity contribution in [3.8, 4) is 0 Å². The molecule has 0 unspecified atom stereocenters. The summed E-state index contributed by atoms with van der Waals surface area (Å²) in [7, 11) is 0. The van der Waals surface area contributed by atoms with Crippen molar-refractivity contribution in [2.45, 2.75) is 117 Å². The van der Waals surface area contributed by atoms with Crippen LogP contribution in [0.1, 0.15) is 102 Å². The molecule has 0 bridgehead atoms. The molecule has 236 valence electrons. The molecule has 2 heterocycles. The first-order valence-electron chi connectivity index (χ1n) is 16.3. The summed E-state index contributed by atoms with van der Waals surface area (Å²) in [6.45, 7) is 13.9. The van der Waals surface area contributed by atoms with E-state index in [2.05, 4.69) is 84.5 Å². The van der Waals surface area contributed by atoms with Crippen LogP contribution >= 0.6 is 23.5 Å². The van der Waals surface area contributed by atoms with E-state index in [9.17, 15) is 9.90 Å². The predicted octanol–water partition coefficient (Wildman–Crippen LogP) is 9.80. The number of para-hydroxylation sites is 1. The van der Waals surface area contributed by atoms with Gasteiger partial charge >= 0.3 is 270 Å². The number of aliphatic hydroxyl groups excluding tert-OH is 1. The van der Waals surface area contributed by atoms with E-state index in [1.165, 1.54) is 95.5 Å². The molecule has 1 aromatic heterocycles. The van der Waals surface area contributed by atoms with Crippen LogP contribution in [0.25, 0.3) is 14.5 Å². The molecule has 5 nitrogen and oxygen atoms in total. The molecule has 1 saturated heterocycles. The molecule has 2 N–H and O–H groups in total. The number of aromatic nitrogens is 1. The summed E-state index contributed by atoms with van der Waals surface area (Å²) in [6, 6.07) is 8.88. The van der Waals surface area contributed by atoms with Gasteiger partial charge in [0.25, 0.3) is 0 Å². The molecule has 3 rings (SSSR count). The van der Waals surface area contributed by atoms with Gasteiger partial charge in [-0.15, -0.1) is 0 Å². The van der Waals surface area contributed by atoms with Crippen molar-refractivity contribution in [1.29, 1.82) is 0 Å². The fraction of sp³-hybridized carbons (Fsp3) is 0.676. The predicted molar refractivity (Wildman–Crippen MR) is 188 cm³/mol. The van der Waals surface area contributed by atoms with Crippen LogP contribution in [0.3, 0.4) is 0 Å². The molecule has 1 amide bonds. The number of hydrogen-bond donors (Lipinski definition) is 2. The first-order chi connectivity index (χ1) is 20.2. The number of unbranched alkanes of at least 4 members (excludes halogenated alkanes) is 3. The molecule has 0 aliphatic carbocycles. The van der Waals surface area contributed by atoms with Gasteiger partial charge in [-0.1, -0.05) is 0 Å². The number of benzene rings is 1. The number of carbonyl (C=O) groups is 1. The van der Waals surface area contributed by atoms with Gasteiger partial charge in [-0.2, -0.15) is 0 Å². The van der Waals surface area contributed by atoms with Gasteiger partial charge in [-0.25, -0.2) is 0 Å². The van der Waals surface area contributed by atoms with Gasteiger partial charge in [-0.3, -0.25) is 0 Å². The Bertz CT molecular complexity index is 1130. The molecular formula is C34H56N2O3S2Sn. The van der Waals surface area contributed by atoms with Gasteiger partial charge in [0.05, 0.1) is 0 Å². The third-order valence-corrected chi connectivity index (χ3v) is 26.9. The molecule has 8 heteroatoms. The quantitative estimate of drug-likeness (QED) is 0.169. The standard InChI is InChI=1S/C22H29N2O3S2.3C4H9.Sn/c1-22(2,3)27-21(26)23-11-12-24-17-9-5-4-8-16(17)19(18(24)10-6-13-25)20-28-14-7-15-29-20;3*1-3-4-2;/h4-6,8-9,20,25H,7,11-15H2,1-3H3,(H,23,26);3*1,3-4H2,2H3;. The Labute approximate surface area is 268 Å². The van der Waals surface area contributed by atoms with E-state index in [0.717, 1.165) is 0 Å². The molecule has 1 aromatic carbocycles. The molecular weight excluding hydrogens is 667 g/mol. The molecule has 1 fully saturated rings. The van der Waals surface area contributed by atoms with Crippen LogP contribution in [0.5, 0.6) is 0 Å². The third kappa shape index (κ3) is 9.61. The number of nitrogens with zero attached hydrogens (tertiary/aromatic N) is 1. The summed E-state index contributed by atoms with van der Waals surface area (Å²) in [5.41, 5.74) is 3.55. The van der Waals surface area contributed by atoms with Crippen molar-refractivity contribution in [1.82, 2.24) is 9.88 Å². The van der Waals surface area contributed by atoms with Crippen LogP contribution in [0.4, 0.5) is 4.79 Å². The summed E-state index contributed by atoms with van der Waals surface area (Å²) >= 11 is 1.17. The summed E-state index contributed by atoms with van der Waals surface area (Å²) in [5, 5.41) is 15.0. The number of carbonyl (C=O) groups excluding carboxylic acids is 1. The number of thioether (sulfide) groups is 2. The zero-order valence-corrected chi connectivity index (χ0v) is 31.6. The second-order valence-corrected chi connectivity index (χ2v) is 28.5. The third-order valence-electron chi connectivity index (χ3n) is 8.23. The zero-order valence-electron chi connectivity index (χ0n) is 27.1. The Hall–Kier alpha value is -0.771. The Morgan fingerprint density at radius 3 is 2.19 bits per heavy atom. The Kier molecular flexibility index (Phi) is 15.0. The summed E-state index contributed by atoms with van der Waals surface area (Å²) < 4.78 is 14.0.